The van der Waals surface area contributed by atoms with Crippen molar-refractivity contribution in [3.8, 4) is 12.3 Å². The minimum atomic E-state index is 0.535. The molecule has 8 unspecified atom stereocenters. The van der Waals surface area contributed by atoms with Gasteiger partial charge >= 0.3 is 0 Å². The first kappa shape index (κ1) is 22.6. The summed E-state index contributed by atoms with van der Waals surface area (Å²) in [6, 6.07) is 0. The second-order valence-corrected chi connectivity index (χ2v) is 12.7. The molecular formula is C30H46N2. The van der Waals surface area contributed by atoms with Crippen molar-refractivity contribution < 1.29 is 0 Å². The molecule has 176 valence electrons. The lowest BCUT2D eigenvalue weighted by molar-refractivity contribution is -0.0293. The van der Waals surface area contributed by atoms with Crippen molar-refractivity contribution >= 4 is 0 Å². The van der Waals surface area contributed by atoms with Crippen molar-refractivity contribution in [2.24, 2.45) is 52.8 Å². The first-order chi connectivity index (χ1) is 15.5. The average molecular weight is 435 g/mol. The summed E-state index contributed by atoms with van der Waals surface area (Å²) in [4.78, 5) is 0. The fourth-order valence-corrected chi connectivity index (χ4v) is 8.98. The van der Waals surface area contributed by atoms with E-state index in [4.69, 9.17) is 6.42 Å². The minimum absolute atomic E-state index is 0.535. The van der Waals surface area contributed by atoms with Crippen molar-refractivity contribution in [3.63, 3.8) is 0 Å². The molecule has 8 atom stereocenters. The van der Waals surface area contributed by atoms with Crippen molar-refractivity contribution in [1.29, 1.82) is 0 Å². The monoisotopic (exact) mass is 434 g/mol. The van der Waals surface area contributed by atoms with Crippen LogP contribution in [0.2, 0.25) is 0 Å². The van der Waals surface area contributed by atoms with Crippen molar-refractivity contribution in [2.45, 2.75) is 104 Å². The van der Waals surface area contributed by atoms with E-state index in [9.17, 15) is 0 Å². The highest BCUT2D eigenvalue weighted by Crippen LogP contribution is 2.68. The number of nitrogens with zero attached hydrogens (tertiary/aromatic N) is 2. The molecule has 0 aromatic carbocycles. The highest BCUT2D eigenvalue weighted by atomic mass is 15.3. The number of rotatable bonds is 4. The Hall–Kier alpha value is -1.23. The Kier molecular flexibility index (Phi) is 6.48. The van der Waals surface area contributed by atoms with Gasteiger partial charge in [0.25, 0.3) is 0 Å². The van der Waals surface area contributed by atoms with E-state index in [2.05, 4.69) is 42.7 Å². The Morgan fingerprint density at radius 1 is 1.06 bits per heavy atom. The van der Waals surface area contributed by atoms with Crippen LogP contribution >= 0.6 is 0 Å². The minimum Gasteiger partial charge on any atom is -0.271 e. The fourth-order valence-electron chi connectivity index (χ4n) is 8.98. The van der Waals surface area contributed by atoms with Crippen LogP contribution in [0.25, 0.3) is 0 Å². The highest BCUT2D eigenvalue weighted by Gasteiger charge is 2.60. The van der Waals surface area contributed by atoms with Crippen LogP contribution in [0.15, 0.2) is 12.4 Å². The van der Waals surface area contributed by atoms with Crippen LogP contribution < -0.4 is 0 Å². The summed E-state index contributed by atoms with van der Waals surface area (Å²) in [6.45, 7) is 8.77. The van der Waals surface area contributed by atoms with Gasteiger partial charge in [0.05, 0.1) is 11.8 Å². The Morgan fingerprint density at radius 2 is 1.81 bits per heavy atom. The Balaban J connectivity index is 1.37. The zero-order valence-electron chi connectivity index (χ0n) is 20.9. The maximum Gasteiger partial charge on any atom is 0.0646 e. The highest BCUT2D eigenvalue weighted by molar-refractivity contribution is 5.26. The summed E-state index contributed by atoms with van der Waals surface area (Å²) >= 11 is 0. The molecule has 2 heteroatoms. The van der Waals surface area contributed by atoms with Crippen molar-refractivity contribution in [2.75, 3.05) is 0 Å². The summed E-state index contributed by atoms with van der Waals surface area (Å²) in [7, 11) is 0. The van der Waals surface area contributed by atoms with Crippen LogP contribution in [0, 0.1) is 65.1 Å². The SMILES string of the molecule is C#Cc1cnn(CC(C)C2CC(C3CC3)C3C4CCCCC(C)CCCC4CCC23C)c1. The molecule has 5 rings (SSSR count). The molecule has 0 saturated heterocycles. The topological polar surface area (TPSA) is 17.8 Å². The predicted octanol–water partition coefficient (Wildman–Crippen LogP) is 7.58. The third-order valence-electron chi connectivity index (χ3n) is 10.7. The van der Waals surface area contributed by atoms with Gasteiger partial charge < -0.3 is 0 Å². The molecule has 0 N–H and O–H groups in total. The van der Waals surface area contributed by atoms with Crippen molar-refractivity contribution in [3.05, 3.63) is 18.0 Å². The van der Waals surface area contributed by atoms with E-state index in [0.717, 1.165) is 53.5 Å². The molecular weight excluding hydrogens is 388 g/mol. The molecule has 0 amide bonds. The molecule has 32 heavy (non-hydrogen) atoms. The zero-order chi connectivity index (χ0) is 22.3. The predicted molar refractivity (Wildman–Crippen MR) is 133 cm³/mol. The molecule has 1 aromatic rings. The summed E-state index contributed by atoms with van der Waals surface area (Å²) in [5.74, 6) is 10.3. The number of hydrogen-bond donors (Lipinski definition) is 0. The smallest absolute Gasteiger partial charge is 0.0646 e. The third-order valence-corrected chi connectivity index (χ3v) is 10.7. The largest absolute Gasteiger partial charge is 0.271 e. The van der Waals surface area contributed by atoms with E-state index in [1.54, 1.807) is 0 Å². The van der Waals surface area contributed by atoms with E-state index in [0.29, 0.717) is 11.3 Å². The van der Waals surface area contributed by atoms with Gasteiger partial charge in [-0.05, 0) is 91.3 Å². The fraction of sp³-hybridized carbons (Fsp3) is 0.833. The standard InChI is InChI=1S/C30H46N2/c1-5-23-18-31-32(20-23)19-22(3)28-17-27(25-13-14-25)29-26-12-7-6-9-21(2)10-8-11-24(26)15-16-30(28,29)4/h1,18,20-22,24-29H,6-17,19H2,2-4H3. The second kappa shape index (κ2) is 9.19. The molecule has 1 aromatic heterocycles. The summed E-state index contributed by atoms with van der Waals surface area (Å²) < 4.78 is 2.12. The summed E-state index contributed by atoms with van der Waals surface area (Å²) in [5, 5.41) is 4.58. The van der Waals surface area contributed by atoms with E-state index >= 15 is 0 Å². The molecule has 4 aliphatic carbocycles. The van der Waals surface area contributed by atoms with Gasteiger partial charge in [0, 0.05) is 12.7 Å². The third kappa shape index (κ3) is 4.31. The maximum absolute atomic E-state index is 5.59. The van der Waals surface area contributed by atoms with E-state index in [-0.39, 0.29) is 0 Å². The lowest BCUT2D eigenvalue weighted by Crippen LogP contribution is -2.45. The van der Waals surface area contributed by atoms with Gasteiger partial charge in [-0.2, -0.15) is 5.10 Å². The lowest BCUT2D eigenvalue weighted by atomic mass is 9.53. The molecule has 4 saturated carbocycles. The molecule has 0 radical (unpaired) electrons. The summed E-state index contributed by atoms with van der Waals surface area (Å²) in [5.41, 5.74) is 1.45. The Bertz CT molecular complexity index is 813. The first-order valence-electron chi connectivity index (χ1n) is 14.0. The summed E-state index contributed by atoms with van der Waals surface area (Å²) in [6.07, 6.45) is 27.4. The van der Waals surface area contributed by atoms with Crippen molar-refractivity contribution in [1.82, 2.24) is 9.78 Å². The number of fused-ring (bicyclic) bond motifs is 3. The van der Waals surface area contributed by atoms with Gasteiger partial charge in [-0.25, -0.2) is 0 Å². The normalized spacial score (nSPS) is 41.3. The van der Waals surface area contributed by atoms with Crippen LogP contribution in [0.5, 0.6) is 0 Å². The van der Waals surface area contributed by atoms with Crippen LogP contribution in [0.4, 0.5) is 0 Å². The van der Waals surface area contributed by atoms with Crippen LogP contribution in [0.3, 0.4) is 0 Å². The molecule has 4 aliphatic rings. The molecule has 0 bridgehead atoms. The van der Waals surface area contributed by atoms with Gasteiger partial charge in [-0.15, -0.1) is 6.42 Å². The van der Waals surface area contributed by atoms with Crippen LogP contribution in [-0.2, 0) is 6.54 Å². The van der Waals surface area contributed by atoms with Gasteiger partial charge in [0.1, 0.15) is 0 Å². The second-order valence-electron chi connectivity index (χ2n) is 12.7. The molecule has 2 nitrogen and oxygen atoms in total. The zero-order valence-corrected chi connectivity index (χ0v) is 20.9. The number of hydrogen-bond acceptors (Lipinski definition) is 1. The molecule has 1 heterocycles. The quantitative estimate of drug-likeness (QED) is 0.447. The van der Waals surface area contributed by atoms with Gasteiger partial charge in [-0.3, -0.25) is 4.68 Å². The van der Waals surface area contributed by atoms with Crippen LogP contribution in [-0.4, -0.2) is 9.78 Å². The molecule has 4 fully saturated rings. The Labute approximate surface area is 197 Å². The number of aromatic nitrogens is 2. The van der Waals surface area contributed by atoms with Gasteiger partial charge in [0.15, 0.2) is 0 Å². The van der Waals surface area contributed by atoms with E-state index in [1.807, 2.05) is 6.20 Å². The van der Waals surface area contributed by atoms with E-state index in [1.165, 1.54) is 77.0 Å². The molecule has 0 aliphatic heterocycles. The number of terminal acetylenes is 1. The maximum atomic E-state index is 5.59. The van der Waals surface area contributed by atoms with Gasteiger partial charge in [0.2, 0.25) is 0 Å². The Morgan fingerprint density at radius 3 is 2.56 bits per heavy atom. The van der Waals surface area contributed by atoms with Gasteiger partial charge in [-0.1, -0.05) is 65.2 Å². The molecule has 0 spiro atoms. The van der Waals surface area contributed by atoms with E-state index < -0.39 is 0 Å². The lowest BCUT2D eigenvalue weighted by Gasteiger charge is -2.52. The van der Waals surface area contributed by atoms with Crippen LogP contribution in [0.1, 0.15) is 103 Å². The first-order valence-corrected chi connectivity index (χ1v) is 14.0. The average Bonchev–Trinajstić information content (AvgIpc) is 3.44.